The van der Waals surface area contributed by atoms with Crippen molar-refractivity contribution in [3.63, 3.8) is 0 Å². The molecule has 1 heterocycles. The summed E-state index contributed by atoms with van der Waals surface area (Å²) in [6.45, 7) is 0. The van der Waals surface area contributed by atoms with Crippen LogP contribution >= 0.6 is 0 Å². The van der Waals surface area contributed by atoms with Gasteiger partial charge in [0.05, 0.1) is 5.69 Å². The molecule has 20 heavy (non-hydrogen) atoms. The van der Waals surface area contributed by atoms with Crippen molar-refractivity contribution in [3.05, 3.63) is 30.6 Å². The van der Waals surface area contributed by atoms with Gasteiger partial charge in [-0.1, -0.05) is 0 Å². The molecular formula is C13H16N6O. The van der Waals surface area contributed by atoms with Gasteiger partial charge in [0.2, 0.25) is 5.91 Å². The van der Waals surface area contributed by atoms with Gasteiger partial charge in [0.15, 0.2) is 0 Å². The van der Waals surface area contributed by atoms with Gasteiger partial charge in [-0.2, -0.15) is 0 Å². The molecule has 1 amide bonds. The molecule has 1 aromatic heterocycles. The second kappa shape index (κ2) is 5.01. The fourth-order valence-corrected chi connectivity index (χ4v) is 2.31. The van der Waals surface area contributed by atoms with Crippen LogP contribution in [-0.2, 0) is 4.79 Å². The van der Waals surface area contributed by atoms with E-state index < -0.39 is 0 Å². The summed E-state index contributed by atoms with van der Waals surface area (Å²) in [6.07, 6.45) is 4.87. The molecule has 0 aliphatic heterocycles. The summed E-state index contributed by atoms with van der Waals surface area (Å²) >= 11 is 0. The molecule has 1 aliphatic rings. The number of benzene rings is 1. The zero-order valence-electron chi connectivity index (χ0n) is 11.0. The van der Waals surface area contributed by atoms with E-state index in [2.05, 4.69) is 20.8 Å². The average molecular weight is 272 g/mol. The molecular weight excluding hydrogens is 256 g/mol. The third kappa shape index (κ3) is 2.67. The Morgan fingerprint density at radius 2 is 2.10 bits per heavy atom. The first-order chi connectivity index (χ1) is 9.65. The van der Waals surface area contributed by atoms with Crippen molar-refractivity contribution in [1.82, 2.24) is 20.2 Å². The van der Waals surface area contributed by atoms with E-state index in [0.717, 1.165) is 30.6 Å². The highest BCUT2D eigenvalue weighted by Crippen LogP contribution is 2.32. The molecule has 0 unspecified atom stereocenters. The number of nitrogens with one attached hydrogen (secondary N) is 1. The lowest BCUT2D eigenvalue weighted by molar-refractivity contribution is -0.118. The smallest absolute Gasteiger partial charge is 0.226 e. The second-order valence-electron chi connectivity index (χ2n) is 5.24. The van der Waals surface area contributed by atoms with E-state index in [4.69, 9.17) is 5.73 Å². The number of amides is 1. The van der Waals surface area contributed by atoms with Gasteiger partial charge in [-0.25, -0.2) is 4.68 Å². The molecule has 0 radical (unpaired) electrons. The lowest BCUT2D eigenvalue weighted by Gasteiger charge is -2.37. The minimum Gasteiger partial charge on any atom is -0.326 e. The molecule has 0 saturated heterocycles. The Morgan fingerprint density at radius 3 is 2.65 bits per heavy atom. The highest BCUT2D eigenvalue weighted by molar-refractivity contribution is 5.91. The Bertz CT molecular complexity index is 588. The van der Waals surface area contributed by atoms with Crippen LogP contribution in [0.5, 0.6) is 0 Å². The van der Waals surface area contributed by atoms with E-state index in [1.54, 1.807) is 4.68 Å². The van der Waals surface area contributed by atoms with Gasteiger partial charge >= 0.3 is 0 Å². The Labute approximate surface area is 116 Å². The number of tetrazole rings is 1. The molecule has 3 N–H and O–H groups in total. The van der Waals surface area contributed by atoms with Gasteiger partial charge < -0.3 is 11.1 Å². The van der Waals surface area contributed by atoms with Crippen molar-refractivity contribution in [1.29, 1.82) is 0 Å². The third-order valence-corrected chi connectivity index (χ3v) is 3.63. The van der Waals surface area contributed by atoms with Gasteiger partial charge in [0.1, 0.15) is 6.33 Å². The zero-order valence-corrected chi connectivity index (χ0v) is 11.0. The molecule has 0 atom stereocenters. The van der Waals surface area contributed by atoms with Crippen LogP contribution in [0, 0.1) is 0 Å². The summed E-state index contributed by atoms with van der Waals surface area (Å²) in [5, 5.41) is 13.8. The van der Waals surface area contributed by atoms with Crippen LogP contribution in [0.15, 0.2) is 30.6 Å². The first-order valence-corrected chi connectivity index (χ1v) is 6.57. The molecule has 104 valence electrons. The second-order valence-corrected chi connectivity index (χ2v) is 5.24. The lowest BCUT2D eigenvalue weighted by Crippen LogP contribution is -2.48. The molecule has 7 heteroatoms. The fourth-order valence-electron chi connectivity index (χ4n) is 2.31. The van der Waals surface area contributed by atoms with Gasteiger partial charge in [-0.15, -0.1) is 5.10 Å². The van der Waals surface area contributed by atoms with Gasteiger partial charge in [-0.05, 0) is 54.0 Å². The maximum absolute atomic E-state index is 11.9. The Balaban J connectivity index is 1.62. The number of carbonyl (C=O) groups excluding carboxylic acids is 1. The average Bonchev–Trinajstić information content (AvgIpc) is 2.91. The van der Waals surface area contributed by atoms with Crippen molar-refractivity contribution in [2.75, 3.05) is 5.32 Å². The number of hydrogen-bond acceptors (Lipinski definition) is 5. The van der Waals surface area contributed by atoms with Crippen LogP contribution in [0.1, 0.15) is 25.7 Å². The third-order valence-electron chi connectivity index (χ3n) is 3.63. The van der Waals surface area contributed by atoms with E-state index in [1.165, 1.54) is 6.33 Å². The zero-order chi connectivity index (χ0) is 14.0. The first-order valence-electron chi connectivity index (χ1n) is 6.57. The van der Waals surface area contributed by atoms with Crippen LogP contribution in [0.25, 0.3) is 5.69 Å². The molecule has 0 bridgehead atoms. The molecule has 3 rings (SSSR count). The monoisotopic (exact) mass is 272 g/mol. The number of carbonyl (C=O) groups is 1. The highest BCUT2D eigenvalue weighted by Gasteiger charge is 2.34. The molecule has 1 aromatic carbocycles. The van der Waals surface area contributed by atoms with Gasteiger partial charge in [-0.3, -0.25) is 4.79 Å². The van der Waals surface area contributed by atoms with Crippen LogP contribution < -0.4 is 11.1 Å². The normalized spacial score (nSPS) is 16.4. The summed E-state index contributed by atoms with van der Waals surface area (Å²) in [6, 6.07) is 7.32. The molecule has 1 fully saturated rings. The van der Waals surface area contributed by atoms with Crippen molar-refractivity contribution in [2.45, 2.75) is 31.2 Å². The lowest BCUT2D eigenvalue weighted by atomic mass is 9.75. The van der Waals surface area contributed by atoms with Crippen LogP contribution in [0.3, 0.4) is 0 Å². The van der Waals surface area contributed by atoms with Crippen molar-refractivity contribution >= 4 is 11.6 Å². The van der Waals surface area contributed by atoms with Crippen molar-refractivity contribution in [2.24, 2.45) is 5.73 Å². The van der Waals surface area contributed by atoms with Crippen LogP contribution in [0.2, 0.25) is 0 Å². The SMILES string of the molecule is NC1(CC(=O)Nc2ccc(-n3cnnn3)cc2)CCC1. The van der Waals surface area contributed by atoms with E-state index >= 15 is 0 Å². The van der Waals surface area contributed by atoms with E-state index in [9.17, 15) is 4.79 Å². The van der Waals surface area contributed by atoms with Crippen molar-refractivity contribution < 1.29 is 4.79 Å². The maximum atomic E-state index is 11.9. The van der Waals surface area contributed by atoms with Gasteiger partial charge in [0, 0.05) is 17.6 Å². The Hall–Kier alpha value is -2.28. The summed E-state index contributed by atoms with van der Waals surface area (Å²) in [4.78, 5) is 11.9. The minimum atomic E-state index is -0.295. The Kier molecular flexibility index (Phi) is 3.19. The number of aromatic nitrogens is 4. The van der Waals surface area contributed by atoms with Crippen LogP contribution in [0.4, 0.5) is 5.69 Å². The topological polar surface area (TPSA) is 98.7 Å². The largest absolute Gasteiger partial charge is 0.326 e. The number of nitrogens with two attached hydrogens (primary N) is 1. The van der Waals surface area contributed by atoms with E-state index in [-0.39, 0.29) is 11.4 Å². The summed E-state index contributed by atoms with van der Waals surface area (Å²) in [5.74, 6) is -0.0395. The predicted octanol–water partition coefficient (Wildman–Crippen LogP) is 0.872. The van der Waals surface area contributed by atoms with E-state index in [1.807, 2.05) is 24.3 Å². The van der Waals surface area contributed by atoms with Crippen LogP contribution in [-0.4, -0.2) is 31.7 Å². The summed E-state index contributed by atoms with van der Waals surface area (Å²) in [7, 11) is 0. The van der Waals surface area contributed by atoms with Crippen molar-refractivity contribution in [3.8, 4) is 5.69 Å². The number of hydrogen-bond donors (Lipinski definition) is 2. The highest BCUT2D eigenvalue weighted by atomic mass is 16.1. The fraction of sp³-hybridized carbons (Fsp3) is 0.385. The Morgan fingerprint density at radius 1 is 1.35 bits per heavy atom. The molecule has 1 saturated carbocycles. The summed E-state index contributed by atoms with van der Waals surface area (Å²) in [5.41, 5.74) is 7.34. The summed E-state index contributed by atoms with van der Waals surface area (Å²) < 4.78 is 1.55. The number of anilines is 1. The number of nitrogens with zero attached hydrogens (tertiary/aromatic N) is 4. The quantitative estimate of drug-likeness (QED) is 0.860. The minimum absolute atomic E-state index is 0.0395. The number of rotatable bonds is 4. The molecule has 0 spiro atoms. The molecule has 7 nitrogen and oxygen atoms in total. The molecule has 1 aliphatic carbocycles. The van der Waals surface area contributed by atoms with Gasteiger partial charge in [0.25, 0.3) is 0 Å². The predicted molar refractivity (Wildman–Crippen MR) is 73.2 cm³/mol. The standard InChI is InChI=1S/C13H16N6O/c14-13(6-1-7-13)8-12(20)16-10-2-4-11(5-3-10)19-9-15-17-18-19/h2-5,9H,1,6-8,14H2,(H,16,20). The maximum Gasteiger partial charge on any atom is 0.226 e. The first kappa shape index (κ1) is 12.7. The molecule has 2 aromatic rings. The van der Waals surface area contributed by atoms with E-state index in [0.29, 0.717) is 6.42 Å².